The molecule has 0 amide bonds. The zero-order valence-electron chi connectivity index (χ0n) is 12.1. The third-order valence-corrected chi connectivity index (χ3v) is 8.08. The fourth-order valence-electron chi connectivity index (χ4n) is 6.07. The van der Waals surface area contributed by atoms with Crippen molar-refractivity contribution in [1.29, 1.82) is 0 Å². The molecule has 21 heavy (non-hydrogen) atoms. The molecule has 0 aliphatic heterocycles. The molecule has 0 unspecified atom stereocenters. The van der Waals surface area contributed by atoms with Gasteiger partial charge >= 0.3 is 0 Å². The van der Waals surface area contributed by atoms with E-state index in [0.29, 0.717) is 16.7 Å². The second kappa shape index (κ2) is 3.90. The first-order valence-corrected chi connectivity index (χ1v) is 9.47. The summed E-state index contributed by atoms with van der Waals surface area (Å²) in [4.78, 5) is 0.304. The molecule has 4 aliphatic rings. The maximum atomic E-state index is 12.5. The molecule has 112 valence electrons. The lowest BCUT2D eigenvalue weighted by Crippen LogP contribution is -2.45. The molecule has 7 atom stereocenters. The topological polar surface area (TPSA) is 43.4 Å². The Kier molecular flexibility index (Phi) is 2.35. The van der Waals surface area contributed by atoms with Crippen molar-refractivity contribution in [2.75, 3.05) is 0 Å². The van der Waals surface area contributed by atoms with E-state index < -0.39 is 10.1 Å². The van der Waals surface area contributed by atoms with Crippen LogP contribution in [0.1, 0.15) is 24.8 Å². The number of benzene rings is 1. The zero-order valence-corrected chi connectivity index (χ0v) is 12.9. The molecule has 0 N–H and O–H groups in total. The molecule has 4 saturated carbocycles. The van der Waals surface area contributed by atoms with E-state index in [4.69, 9.17) is 4.18 Å². The quantitative estimate of drug-likeness (QED) is 0.806. The van der Waals surface area contributed by atoms with Crippen molar-refractivity contribution in [1.82, 2.24) is 0 Å². The Morgan fingerprint density at radius 3 is 2.29 bits per heavy atom. The van der Waals surface area contributed by atoms with Gasteiger partial charge in [-0.25, -0.2) is 0 Å². The SMILES string of the molecule is Cc1ccc(S(=O)(=O)O[C@@H]2[C@H]3C[C@@H]4[C@@H]5CC[C@@H]3[C@@H]5[C@H]42)cc1. The highest BCUT2D eigenvalue weighted by Gasteiger charge is 2.73. The van der Waals surface area contributed by atoms with Crippen LogP contribution < -0.4 is 0 Å². The van der Waals surface area contributed by atoms with Crippen molar-refractivity contribution < 1.29 is 12.6 Å². The molecule has 1 aromatic carbocycles. The van der Waals surface area contributed by atoms with E-state index in [1.807, 2.05) is 19.1 Å². The van der Waals surface area contributed by atoms with Crippen LogP contribution in [0.2, 0.25) is 0 Å². The Balaban J connectivity index is 1.43. The van der Waals surface area contributed by atoms with Crippen LogP contribution in [0.15, 0.2) is 29.2 Å². The summed E-state index contributed by atoms with van der Waals surface area (Å²) in [5.74, 6) is 4.23. The predicted molar refractivity (Wildman–Crippen MR) is 78.0 cm³/mol. The number of hydrogen-bond donors (Lipinski definition) is 0. The van der Waals surface area contributed by atoms with Gasteiger partial charge in [-0.05, 0) is 73.8 Å². The molecule has 5 rings (SSSR count). The highest BCUT2D eigenvalue weighted by molar-refractivity contribution is 7.86. The Hall–Kier alpha value is -0.870. The second-order valence-corrected chi connectivity index (χ2v) is 9.02. The molecule has 0 aromatic heterocycles. The monoisotopic (exact) mass is 304 g/mol. The summed E-state index contributed by atoms with van der Waals surface area (Å²) in [7, 11) is -3.61. The first-order valence-electron chi connectivity index (χ1n) is 8.06. The van der Waals surface area contributed by atoms with Gasteiger partial charge in [0, 0.05) is 0 Å². The summed E-state index contributed by atoms with van der Waals surface area (Å²) >= 11 is 0. The van der Waals surface area contributed by atoms with Crippen LogP contribution in [0.3, 0.4) is 0 Å². The summed E-state index contributed by atoms with van der Waals surface area (Å²) in [6.07, 6.45) is 3.86. The van der Waals surface area contributed by atoms with E-state index in [1.165, 1.54) is 19.3 Å². The Labute approximate surface area is 125 Å². The van der Waals surface area contributed by atoms with Crippen molar-refractivity contribution in [3.8, 4) is 0 Å². The van der Waals surface area contributed by atoms with E-state index in [0.717, 1.165) is 29.2 Å². The lowest BCUT2D eigenvalue weighted by molar-refractivity contribution is -0.0255. The molecule has 4 aliphatic carbocycles. The Bertz CT molecular complexity index is 687. The summed E-state index contributed by atoms with van der Waals surface area (Å²) in [6.45, 7) is 1.96. The summed E-state index contributed by atoms with van der Waals surface area (Å²) in [5, 5.41) is 0. The molecule has 3 nitrogen and oxygen atoms in total. The maximum absolute atomic E-state index is 12.5. The van der Waals surface area contributed by atoms with Gasteiger partial charge in [-0.2, -0.15) is 8.42 Å². The van der Waals surface area contributed by atoms with Gasteiger partial charge < -0.3 is 0 Å². The molecule has 0 heterocycles. The first kappa shape index (κ1) is 12.7. The fourth-order valence-corrected chi connectivity index (χ4v) is 7.22. The first-order chi connectivity index (χ1) is 10.1. The standard InChI is InChI=1S/C17H20O3S/c1-9-2-4-10(5-3-9)21(18,19)20-17-14-8-13-11-6-7-12(14)15(11)16(13)17/h2-5,11-17H,6-8H2,1H3/t11-,12-,13+,14-,15+,16-,17+/m0/s1. The summed E-state index contributed by atoms with van der Waals surface area (Å²) < 4.78 is 30.8. The van der Waals surface area contributed by atoms with Crippen molar-refractivity contribution in [3.05, 3.63) is 29.8 Å². The smallest absolute Gasteiger partial charge is 0.262 e. The largest absolute Gasteiger partial charge is 0.297 e. The van der Waals surface area contributed by atoms with Crippen LogP contribution >= 0.6 is 0 Å². The second-order valence-electron chi connectivity index (χ2n) is 7.45. The Morgan fingerprint density at radius 2 is 1.62 bits per heavy atom. The van der Waals surface area contributed by atoms with Gasteiger partial charge in [-0.1, -0.05) is 17.7 Å². The van der Waals surface area contributed by atoms with Gasteiger partial charge in [0.2, 0.25) is 0 Å². The van der Waals surface area contributed by atoms with Gasteiger partial charge in [0.15, 0.2) is 0 Å². The van der Waals surface area contributed by atoms with E-state index in [-0.39, 0.29) is 6.10 Å². The highest BCUT2D eigenvalue weighted by atomic mass is 32.2. The highest BCUT2D eigenvalue weighted by Crippen LogP contribution is 2.75. The normalized spacial score (nSPS) is 45.9. The summed E-state index contributed by atoms with van der Waals surface area (Å²) in [6, 6.07) is 6.99. The van der Waals surface area contributed by atoms with E-state index >= 15 is 0 Å². The minimum atomic E-state index is -3.61. The fraction of sp³-hybridized carbons (Fsp3) is 0.647. The molecule has 0 spiro atoms. The number of rotatable bonds is 3. The molecule has 0 saturated heterocycles. The van der Waals surface area contributed by atoms with Gasteiger partial charge in [-0.15, -0.1) is 0 Å². The lowest BCUT2D eigenvalue weighted by Gasteiger charge is -2.48. The number of aryl methyl sites for hydroxylation is 1. The van der Waals surface area contributed by atoms with Crippen LogP contribution in [-0.2, 0) is 14.3 Å². The van der Waals surface area contributed by atoms with Gasteiger partial charge in [0.1, 0.15) is 0 Å². The number of fused-ring (bicyclic) bond motifs is 3. The van der Waals surface area contributed by atoms with Crippen molar-refractivity contribution >= 4 is 10.1 Å². The van der Waals surface area contributed by atoms with Crippen LogP contribution in [-0.4, -0.2) is 14.5 Å². The summed E-state index contributed by atoms with van der Waals surface area (Å²) in [5.41, 5.74) is 1.06. The average Bonchev–Trinajstić information content (AvgIpc) is 2.95. The molecule has 1 aromatic rings. The maximum Gasteiger partial charge on any atom is 0.297 e. The van der Waals surface area contributed by atoms with E-state index in [1.54, 1.807) is 12.1 Å². The predicted octanol–water partition coefficient (Wildman–Crippen LogP) is 2.99. The Morgan fingerprint density at radius 1 is 0.952 bits per heavy atom. The van der Waals surface area contributed by atoms with Crippen molar-refractivity contribution in [2.24, 2.45) is 35.5 Å². The minimum absolute atomic E-state index is 0.0344. The van der Waals surface area contributed by atoms with E-state index in [2.05, 4.69) is 0 Å². The molecular formula is C17H20O3S. The average molecular weight is 304 g/mol. The van der Waals surface area contributed by atoms with Crippen LogP contribution in [0.5, 0.6) is 0 Å². The zero-order chi connectivity index (χ0) is 14.4. The van der Waals surface area contributed by atoms with Gasteiger partial charge in [0.05, 0.1) is 11.0 Å². The third kappa shape index (κ3) is 1.50. The van der Waals surface area contributed by atoms with Gasteiger partial charge in [-0.3, -0.25) is 4.18 Å². The lowest BCUT2D eigenvalue weighted by atomic mass is 9.56. The van der Waals surface area contributed by atoms with Gasteiger partial charge in [0.25, 0.3) is 10.1 Å². The minimum Gasteiger partial charge on any atom is -0.262 e. The van der Waals surface area contributed by atoms with E-state index in [9.17, 15) is 8.42 Å². The molecule has 4 fully saturated rings. The third-order valence-electron chi connectivity index (χ3n) is 6.75. The molecular weight excluding hydrogens is 284 g/mol. The molecule has 4 heteroatoms. The van der Waals surface area contributed by atoms with Crippen LogP contribution in [0.4, 0.5) is 0 Å². The van der Waals surface area contributed by atoms with Crippen molar-refractivity contribution in [2.45, 2.75) is 37.2 Å². The molecule has 2 bridgehead atoms. The van der Waals surface area contributed by atoms with Crippen LogP contribution in [0.25, 0.3) is 0 Å². The van der Waals surface area contributed by atoms with Crippen molar-refractivity contribution in [3.63, 3.8) is 0 Å². The number of hydrogen-bond acceptors (Lipinski definition) is 3. The molecule has 0 radical (unpaired) electrons. The van der Waals surface area contributed by atoms with Crippen LogP contribution in [0, 0.1) is 42.4 Å².